The monoisotopic (exact) mass is 522 g/mol. The molecule has 7 nitrogen and oxygen atoms in total. The first-order valence-corrected chi connectivity index (χ1v) is 14.0. The van der Waals surface area contributed by atoms with E-state index in [9.17, 15) is 4.79 Å². The van der Waals surface area contributed by atoms with Gasteiger partial charge in [0.1, 0.15) is 5.82 Å². The molecule has 5 rings (SSSR count). The smallest absolute Gasteiger partial charge is 0.254 e. The SMILES string of the molecule is CN(Sc1ccc(C(=O)N2CCOCC2)cc1)c1ccc2c(c1)nc(C(C)(C)C)n2CC1CCOCC1. The zero-order valence-corrected chi connectivity index (χ0v) is 23.2. The number of fused-ring (bicyclic) bond motifs is 1. The summed E-state index contributed by atoms with van der Waals surface area (Å²) in [6, 6.07) is 14.5. The summed E-state index contributed by atoms with van der Waals surface area (Å²) in [6.07, 6.45) is 2.22. The van der Waals surface area contributed by atoms with Crippen LogP contribution >= 0.6 is 11.9 Å². The molecule has 3 heterocycles. The Labute approximate surface area is 224 Å². The van der Waals surface area contributed by atoms with E-state index in [4.69, 9.17) is 14.5 Å². The molecule has 2 aromatic carbocycles. The molecule has 2 fully saturated rings. The van der Waals surface area contributed by atoms with Crippen LogP contribution in [0.5, 0.6) is 0 Å². The van der Waals surface area contributed by atoms with Crippen molar-refractivity contribution in [2.45, 2.75) is 50.5 Å². The van der Waals surface area contributed by atoms with Crippen LogP contribution in [0, 0.1) is 5.92 Å². The molecule has 1 aromatic heterocycles. The lowest BCUT2D eigenvalue weighted by Crippen LogP contribution is -2.40. The van der Waals surface area contributed by atoms with E-state index in [2.05, 4.69) is 54.9 Å². The highest BCUT2D eigenvalue weighted by Crippen LogP contribution is 2.33. The summed E-state index contributed by atoms with van der Waals surface area (Å²) in [5.41, 5.74) is 4.02. The summed E-state index contributed by atoms with van der Waals surface area (Å²) in [7, 11) is 2.07. The third kappa shape index (κ3) is 5.97. The van der Waals surface area contributed by atoms with Crippen molar-refractivity contribution in [2.75, 3.05) is 50.9 Å². The van der Waals surface area contributed by atoms with Gasteiger partial charge in [-0.1, -0.05) is 20.8 Å². The normalized spacial score (nSPS) is 17.4. The van der Waals surface area contributed by atoms with Crippen molar-refractivity contribution in [1.29, 1.82) is 0 Å². The third-order valence-corrected chi connectivity index (χ3v) is 8.16. The van der Waals surface area contributed by atoms with Crippen LogP contribution in [0.1, 0.15) is 49.8 Å². The summed E-state index contributed by atoms with van der Waals surface area (Å²) in [5, 5.41) is 0. The van der Waals surface area contributed by atoms with E-state index in [1.807, 2.05) is 29.2 Å². The summed E-state index contributed by atoms with van der Waals surface area (Å²) < 4.78 is 15.5. The minimum absolute atomic E-state index is 0.0363. The van der Waals surface area contributed by atoms with Gasteiger partial charge >= 0.3 is 0 Å². The van der Waals surface area contributed by atoms with E-state index in [0.717, 1.165) is 60.1 Å². The number of rotatable bonds is 6. The zero-order chi connectivity index (χ0) is 26.0. The Bertz CT molecular complexity index is 1220. The molecule has 0 N–H and O–H groups in total. The first-order valence-electron chi connectivity index (χ1n) is 13.3. The van der Waals surface area contributed by atoms with Crippen molar-refractivity contribution in [2.24, 2.45) is 5.92 Å². The molecule has 198 valence electrons. The molecule has 0 bridgehead atoms. The van der Waals surface area contributed by atoms with Crippen molar-refractivity contribution in [1.82, 2.24) is 14.5 Å². The molecule has 3 aromatic rings. The number of hydrogen-bond donors (Lipinski definition) is 0. The number of nitrogens with zero attached hydrogens (tertiary/aromatic N) is 4. The Balaban J connectivity index is 1.32. The molecule has 0 radical (unpaired) electrons. The van der Waals surface area contributed by atoms with Crippen LogP contribution in [0.25, 0.3) is 11.0 Å². The van der Waals surface area contributed by atoms with Gasteiger partial charge in [-0.2, -0.15) is 0 Å². The first kappa shape index (κ1) is 26.1. The zero-order valence-electron chi connectivity index (χ0n) is 22.4. The van der Waals surface area contributed by atoms with Gasteiger partial charge in [0, 0.05) is 61.5 Å². The van der Waals surface area contributed by atoms with Crippen molar-refractivity contribution in [3.63, 3.8) is 0 Å². The molecular formula is C29H38N4O3S. The summed E-state index contributed by atoms with van der Waals surface area (Å²) in [4.78, 5) is 20.8. The van der Waals surface area contributed by atoms with E-state index < -0.39 is 0 Å². The second kappa shape index (κ2) is 11.1. The molecule has 0 spiro atoms. The van der Waals surface area contributed by atoms with Gasteiger partial charge in [0.2, 0.25) is 0 Å². The van der Waals surface area contributed by atoms with Gasteiger partial charge in [-0.25, -0.2) is 4.98 Å². The highest BCUT2D eigenvalue weighted by Gasteiger charge is 2.26. The van der Waals surface area contributed by atoms with E-state index in [-0.39, 0.29) is 11.3 Å². The minimum atomic E-state index is -0.0363. The fraction of sp³-hybridized carbons (Fsp3) is 0.517. The number of anilines is 1. The number of hydrogen-bond acceptors (Lipinski definition) is 6. The molecule has 8 heteroatoms. The topological polar surface area (TPSA) is 59.8 Å². The molecule has 2 aliphatic rings. The van der Waals surface area contributed by atoms with Gasteiger partial charge < -0.3 is 23.2 Å². The van der Waals surface area contributed by atoms with Crippen LogP contribution in [0.15, 0.2) is 47.4 Å². The van der Waals surface area contributed by atoms with Crippen molar-refractivity contribution in [3.8, 4) is 0 Å². The molecule has 2 aliphatic heterocycles. The number of benzene rings is 2. The van der Waals surface area contributed by atoms with Gasteiger partial charge in [0.05, 0.1) is 24.2 Å². The van der Waals surface area contributed by atoms with Gasteiger partial charge in [-0.3, -0.25) is 4.79 Å². The van der Waals surface area contributed by atoms with Crippen LogP contribution < -0.4 is 4.31 Å². The molecule has 0 saturated carbocycles. The van der Waals surface area contributed by atoms with Gasteiger partial charge in [-0.05, 0) is 73.2 Å². The molecule has 0 unspecified atom stereocenters. The molecule has 37 heavy (non-hydrogen) atoms. The second-order valence-electron chi connectivity index (χ2n) is 11.0. The van der Waals surface area contributed by atoms with Gasteiger partial charge in [-0.15, -0.1) is 0 Å². The Morgan fingerprint density at radius 2 is 1.70 bits per heavy atom. The molecular weight excluding hydrogens is 484 g/mol. The Hall–Kier alpha value is -2.55. The first-order chi connectivity index (χ1) is 17.8. The molecule has 1 amide bonds. The lowest BCUT2D eigenvalue weighted by molar-refractivity contribution is 0.0303. The minimum Gasteiger partial charge on any atom is -0.381 e. The van der Waals surface area contributed by atoms with Crippen LogP contribution in [-0.4, -0.2) is 66.9 Å². The third-order valence-electron chi connectivity index (χ3n) is 7.19. The van der Waals surface area contributed by atoms with Crippen molar-refractivity contribution >= 4 is 34.6 Å². The van der Waals surface area contributed by atoms with Crippen LogP contribution in [0.2, 0.25) is 0 Å². The number of imidazole rings is 1. The number of ether oxygens (including phenoxy) is 2. The van der Waals surface area contributed by atoms with Crippen molar-refractivity contribution in [3.05, 3.63) is 53.9 Å². The highest BCUT2D eigenvalue weighted by molar-refractivity contribution is 8.00. The molecule has 0 atom stereocenters. The fourth-order valence-corrected chi connectivity index (χ4v) is 5.87. The van der Waals surface area contributed by atoms with Crippen molar-refractivity contribution < 1.29 is 14.3 Å². The van der Waals surface area contributed by atoms with Crippen LogP contribution in [-0.2, 0) is 21.4 Å². The van der Waals surface area contributed by atoms with Crippen LogP contribution in [0.3, 0.4) is 0 Å². The largest absolute Gasteiger partial charge is 0.381 e. The summed E-state index contributed by atoms with van der Waals surface area (Å²) >= 11 is 1.65. The quantitative estimate of drug-likeness (QED) is 0.406. The molecule has 0 aliphatic carbocycles. The predicted molar refractivity (Wildman–Crippen MR) is 149 cm³/mol. The van der Waals surface area contributed by atoms with Crippen LogP contribution in [0.4, 0.5) is 5.69 Å². The maximum Gasteiger partial charge on any atom is 0.254 e. The van der Waals surface area contributed by atoms with E-state index in [1.165, 1.54) is 5.52 Å². The number of carbonyl (C=O) groups is 1. The Morgan fingerprint density at radius 1 is 1.03 bits per heavy atom. The van der Waals surface area contributed by atoms with E-state index in [1.54, 1.807) is 11.9 Å². The number of carbonyl (C=O) groups excluding carboxylic acids is 1. The summed E-state index contributed by atoms with van der Waals surface area (Å²) in [5.74, 6) is 1.84. The summed E-state index contributed by atoms with van der Waals surface area (Å²) in [6.45, 7) is 12.0. The Kier molecular flexibility index (Phi) is 7.79. The molecule has 2 saturated heterocycles. The Morgan fingerprint density at radius 3 is 2.38 bits per heavy atom. The van der Waals surface area contributed by atoms with E-state index >= 15 is 0 Å². The number of aromatic nitrogens is 2. The maximum absolute atomic E-state index is 12.7. The predicted octanol–water partition coefficient (Wildman–Crippen LogP) is 5.38. The lowest BCUT2D eigenvalue weighted by Gasteiger charge is -2.27. The fourth-order valence-electron chi connectivity index (χ4n) is 5.08. The number of amides is 1. The average Bonchev–Trinajstić information content (AvgIpc) is 3.28. The maximum atomic E-state index is 12.7. The van der Waals surface area contributed by atoms with Gasteiger partial charge in [0.15, 0.2) is 0 Å². The second-order valence-corrected chi connectivity index (χ2v) is 12.2. The van der Waals surface area contributed by atoms with Gasteiger partial charge in [0.25, 0.3) is 5.91 Å². The lowest BCUT2D eigenvalue weighted by atomic mass is 9.94. The number of morpholine rings is 1. The standard InChI is InChI=1S/C29H38N4O3S/c1-29(2,3)28-30-25-19-23(7-10-26(25)33(28)20-21-11-15-35-16-12-21)31(4)37-24-8-5-22(6-9-24)27(34)32-13-17-36-18-14-32/h5-10,19,21H,11-18,20H2,1-4H3. The highest BCUT2D eigenvalue weighted by atomic mass is 32.2. The average molecular weight is 523 g/mol. The van der Waals surface area contributed by atoms with E-state index in [0.29, 0.717) is 32.2 Å².